The summed E-state index contributed by atoms with van der Waals surface area (Å²) in [5.41, 5.74) is 2.82. The van der Waals surface area contributed by atoms with Crippen LogP contribution in [0.4, 0.5) is 5.00 Å². The van der Waals surface area contributed by atoms with Gasteiger partial charge in [0.15, 0.2) is 0 Å². The van der Waals surface area contributed by atoms with Gasteiger partial charge in [-0.25, -0.2) is 0 Å². The first kappa shape index (κ1) is 6.96. The van der Waals surface area contributed by atoms with Crippen molar-refractivity contribution in [1.82, 2.24) is 4.83 Å². The number of carboxylic acid groups (broad SMARTS) is 1. The summed E-state index contributed by atoms with van der Waals surface area (Å²) in [6.45, 7) is 0. The minimum atomic E-state index is -1.12. The first-order valence-electron chi connectivity index (χ1n) is 2.80. The van der Waals surface area contributed by atoms with Gasteiger partial charge in [0.05, 0.1) is 15.7 Å². The number of aromatic carboxylic acids is 1. The molecule has 0 saturated carbocycles. The van der Waals surface area contributed by atoms with E-state index in [0.29, 0.717) is 0 Å². The van der Waals surface area contributed by atoms with Crippen molar-refractivity contribution in [1.29, 1.82) is 0 Å². The van der Waals surface area contributed by atoms with Crippen molar-refractivity contribution in [3.63, 3.8) is 0 Å². The molecule has 0 spiro atoms. The van der Waals surface area contributed by atoms with Crippen LogP contribution in [0.15, 0.2) is 11.0 Å². The number of nitrogens with one attached hydrogen (secondary N) is 2. The fraction of sp³-hybridized carbons (Fsp3) is 0. The molecule has 6 heteroatoms. The molecule has 0 radical (unpaired) electrons. The van der Waals surface area contributed by atoms with Gasteiger partial charge in [-0.05, 0) is 18.0 Å². The molecule has 2 heterocycles. The lowest BCUT2D eigenvalue weighted by Gasteiger charge is -1.95. The maximum absolute atomic E-state index is 10.3. The Morgan fingerprint density at radius 2 is 2.45 bits per heavy atom. The maximum Gasteiger partial charge on any atom is 0.119 e. The molecule has 11 heavy (non-hydrogen) atoms. The van der Waals surface area contributed by atoms with Crippen LogP contribution in [0, 0.1) is 0 Å². The zero-order valence-corrected chi connectivity index (χ0v) is 6.84. The summed E-state index contributed by atoms with van der Waals surface area (Å²) in [5.74, 6) is -1.12. The van der Waals surface area contributed by atoms with Gasteiger partial charge in [0.2, 0.25) is 0 Å². The lowest BCUT2D eigenvalue weighted by Crippen LogP contribution is -2.20. The Labute approximate surface area is 70.7 Å². The fourth-order valence-corrected chi connectivity index (χ4v) is 2.48. The van der Waals surface area contributed by atoms with E-state index in [0.717, 1.165) is 9.90 Å². The Balaban J connectivity index is 2.42. The third-order valence-electron chi connectivity index (χ3n) is 1.22. The van der Waals surface area contributed by atoms with Crippen LogP contribution >= 0.6 is 23.3 Å². The van der Waals surface area contributed by atoms with Gasteiger partial charge in [-0.3, -0.25) is 0 Å². The largest absolute Gasteiger partial charge is 0.544 e. The highest BCUT2D eigenvalue weighted by molar-refractivity contribution is 7.98. The number of anilines is 1. The number of carbonyl (C=O) groups is 1. The van der Waals surface area contributed by atoms with Gasteiger partial charge in [0.1, 0.15) is 5.00 Å². The molecule has 58 valence electrons. The Hall–Kier alpha value is -0.720. The lowest BCUT2D eigenvalue weighted by atomic mass is 10.5. The van der Waals surface area contributed by atoms with Crippen LogP contribution in [0.25, 0.3) is 0 Å². The van der Waals surface area contributed by atoms with Crippen molar-refractivity contribution >= 4 is 34.3 Å². The molecule has 1 aliphatic heterocycles. The maximum atomic E-state index is 10.3. The Morgan fingerprint density at radius 3 is 3.09 bits per heavy atom. The molecule has 1 aromatic rings. The van der Waals surface area contributed by atoms with Crippen LogP contribution in [-0.2, 0) is 0 Å². The van der Waals surface area contributed by atoms with Crippen molar-refractivity contribution < 1.29 is 9.90 Å². The third-order valence-corrected chi connectivity index (χ3v) is 3.13. The number of hydrogen-bond acceptors (Lipinski definition) is 6. The van der Waals surface area contributed by atoms with Crippen LogP contribution in [-0.4, -0.2) is 5.97 Å². The Bertz CT molecular complexity index is 288. The number of carboxylic acids is 1. The first-order valence-corrected chi connectivity index (χ1v) is 4.44. The van der Waals surface area contributed by atoms with E-state index in [2.05, 4.69) is 10.3 Å². The first-order chi connectivity index (χ1) is 5.27. The number of thiophene rings is 1. The minimum Gasteiger partial charge on any atom is -0.544 e. The molecule has 0 bridgehead atoms. The summed E-state index contributed by atoms with van der Waals surface area (Å²) in [5, 5.41) is 11.2. The number of rotatable bonds is 1. The van der Waals surface area contributed by atoms with Gasteiger partial charge in [-0.15, -0.1) is 11.3 Å². The summed E-state index contributed by atoms with van der Waals surface area (Å²) < 4.78 is 0. The zero-order valence-electron chi connectivity index (χ0n) is 5.21. The lowest BCUT2D eigenvalue weighted by molar-refractivity contribution is -0.254. The van der Waals surface area contributed by atoms with Crippen LogP contribution < -0.4 is 15.4 Å². The number of hydrazine groups is 1. The van der Waals surface area contributed by atoms with Crippen LogP contribution in [0.2, 0.25) is 0 Å². The predicted molar refractivity (Wildman–Crippen MR) is 41.3 cm³/mol. The Kier molecular flexibility index (Phi) is 1.52. The van der Waals surface area contributed by atoms with Crippen molar-refractivity contribution in [3.05, 3.63) is 10.9 Å². The topological polar surface area (TPSA) is 64.2 Å². The number of fused-ring (bicyclic) bond motifs is 1. The van der Waals surface area contributed by atoms with E-state index in [9.17, 15) is 9.90 Å². The highest BCUT2D eigenvalue weighted by Crippen LogP contribution is 2.37. The van der Waals surface area contributed by atoms with E-state index in [4.69, 9.17) is 0 Å². The smallest absolute Gasteiger partial charge is 0.119 e. The molecule has 0 fully saturated rings. The van der Waals surface area contributed by atoms with Gasteiger partial charge in [-0.2, -0.15) is 4.83 Å². The predicted octanol–water partition coefficient (Wildman–Crippen LogP) is 0.0488. The summed E-state index contributed by atoms with van der Waals surface area (Å²) in [7, 11) is 0. The quantitative estimate of drug-likeness (QED) is 0.608. The van der Waals surface area contributed by atoms with E-state index in [-0.39, 0.29) is 4.88 Å². The van der Waals surface area contributed by atoms with E-state index in [1.54, 1.807) is 6.07 Å². The van der Waals surface area contributed by atoms with E-state index < -0.39 is 5.97 Å². The third kappa shape index (κ3) is 1.09. The Morgan fingerprint density at radius 1 is 1.64 bits per heavy atom. The molecule has 0 atom stereocenters. The molecule has 0 amide bonds. The molecule has 0 saturated heterocycles. The molecular weight excluding hydrogens is 184 g/mol. The SMILES string of the molecule is O=C([O-])c1cc2c(s1)NNS2. The summed E-state index contributed by atoms with van der Waals surface area (Å²) in [6.07, 6.45) is 0. The standard InChI is InChI=1S/C5H4N2O2S2/c8-5(9)3-1-2-4(10-3)6-7-11-2/h1,6-7H,(H,8,9)/p-1. The number of hydrogen-bond donors (Lipinski definition) is 2. The van der Waals surface area contributed by atoms with E-state index in [1.165, 1.54) is 23.3 Å². The molecule has 1 aliphatic rings. The van der Waals surface area contributed by atoms with Crippen LogP contribution in [0.5, 0.6) is 0 Å². The van der Waals surface area contributed by atoms with Gasteiger partial charge in [-0.1, -0.05) is 0 Å². The summed E-state index contributed by atoms with van der Waals surface area (Å²) in [6, 6.07) is 1.59. The second-order valence-corrected chi connectivity index (χ2v) is 3.82. The van der Waals surface area contributed by atoms with Crippen molar-refractivity contribution in [2.24, 2.45) is 0 Å². The van der Waals surface area contributed by atoms with Crippen molar-refractivity contribution in [2.75, 3.05) is 5.43 Å². The summed E-state index contributed by atoms with van der Waals surface area (Å²) >= 11 is 2.54. The number of carbonyl (C=O) groups excluding carboxylic acids is 1. The minimum absolute atomic E-state index is 0.261. The monoisotopic (exact) mass is 187 g/mol. The normalized spacial score (nSPS) is 14.2. The van der Waals surface area contributed by atoms with E-state index in [1.807, 2.05) is 0 Å². The highest BCUT2D eigenvalue weighted by atomic mass is 32.2. The van der Waals surface area contributed by atoms with Gasteiger partial charge < -0.3 is 15.3 Å². The van der Waals surface area contributed by atoms with Crippen molar-refractivity contribution in [2.45, 2.75) is 4.90 Å². The molecule has 0 aromatic carbocycles. The molecule has 0 aliphatic carbocycles. The van der Waals surface area contributed by atoms with Gasteiger partial charge in [0.25, 0.3) is 0 Å². The average Bonchev–Trinajstić information content (AvgIpc) is 2.40. The molecule has 2 N–H and O–H groups in total. The zero-order chi connectivity index (χ0) is 7.84. The highest BCUT2D eigenvalue weighted by Gasteiger charge is 2.14. The molecule has 0 unspecified atom stereocenters. The molecule has 1 aromatic heterocycles. The summed E-state index contributed by atoms with van der Waals surface area (Å²) in [4.78, 5) is 14.3. The van der Waals surface area contributed by atoms with Gasteiger partial charge in [0, 0.05) is 0 Å². The van der Waals surface area contributed by atoms with Crippen LogP contribution in [0.3, 0.4) is 0 Å². The van der Waals surface area contributed by atoms with E-state index >= 15 is 0 Å². The molecular formula is C5H3N2O2S2-. The fourth-order valence-electron chi connectivity index (χ4n) is 0.765. The van der Waals surface area contributed by atoms with Crippen LogP contribution in [0.1, 0.15) is 9.67 Å². The second kappa shape index (κ2) is 2.40. The molecule has 2 rings (SSSR count). The average molecular weight is 187 g/mol. The molecule has 4 nitrogen and oxygen atoms in total. The van der Waals surface area contributed by atoms with Gasteiger partial charge >= 0.3 is 0 Å². The second-order valence-electron chi connectivity index (χ2n) is 1.92. The van der Waals surface area contributed by atoms with Crippen molar-refractivity contribution in [3.8, 4) is 0 Å².